The van der Waals surface area contributed by atoms with E-state index >= 15 is 0 Å². The minimum Gasteiger partial charge on any atom is -0.480 e. The van der Waals surface area contributed by atoms with E-state index in [-0.39, 0.29) is 11.3 Å². The number of sulfone groups is 1. The summed E-state index contributed by atoms with van der Waals surface area (Å²) in [4.78, 5) is 11.5. The number of aryl methyl sites for hydroxylation is 1. The van der Waals surface area contributed by atoms with E-state index in [4.69, 9.17) is 11.6 Å². The Morgan fingerprint density at radius 3 is 2.20 bits per heavy atom. The fraction of sp³-hybridized carbons (Fsp3) is 0.316. The fourth-order valence-electron chi connectivity index (χ4n) is 2.67. The van der Waals surface area contributed by atoms with Crippen LogP contribution in [-0.4, -0.2) is 24.7 Å². The Labute approximate surface area is 153 Å². The molecule has 0 amide bonds. The molecule has 1 atom stereocenters. The first-order valence-electron chi connectivity index (χ1n) is 8.17. The van der Waals surface area contributed by atoms with Crippen molar-refractivity contribution >= 4 is 27.4 Å². The Bertz CT molecular complexity index is 786. The number of aliphatic carboxylic acids is 1. The zero-order valence-electron chi connectivity index (χ0n) is 13.8. The van der Waals surface area contributed by atoms with Crippen LogP contribution < -0.4 is 0 Å². The predicted molar refractivity (Wildman–Crippen MR) is 98.7 cm³/mol. The van der Waals surface area contributed by atoms with Gasteiger partial charge in [0.25, 0.3) is 0 Å². The van der Waals surface area contributed by atoms with Gasteiger partial charge in [0.15, 0.2) is 15.1 Å². The topological polar surface area (TPSA) is 71.4 Å². The summed E-state index contributed by atoms with van der Waals surface area (Å²) in [7, 11) is -3.86. The van der Waals surface area contributed by atoms with E-state index in [2.05, 4.69) is 0 Å². The molecule has 0 aliphatic rings. The molecule has 0 aliphatic heterocycles. The summed E-state index contributed by atoms with van der Waals surface area (Å²) in [6.07, 6.45) is 3.18. The van der Waals surface area contributed by atoms with Crippen LogP contribution in [0.15, 0.2) is 59.5 Å². The highest BCUT2D eigenvalue weighted by molar-refractivity contribution is 7.92. The van der Waals surface area contributed by atoms with Crippen LogP contribution in [0.1, 0.15) is 31.2 Å². The number of hydrogen-bond donors (Lipinski definition) is 1. The SMILES string of the molecule is O=C(O)C(CCCCCc1ccc(Cl)cc1)S(=O)(=O)c1ccccc1. The number of benzene rings is 2. The fourth-order valence-corrected chi connectivity index (χ4v) is 4.41. The molecule has 0 aromatic heterocycles. The van der Waals surface area contributed by atoms with Crippen molar-refractivity contribution in [2.45, 2.75) is 42.2 Å². The molecule has 134 valence electrons. The van der Waals surface area contributed by atoms with Gasteiger partial charge in [0, 0.05) is 5.02 Å². The average Bonchev–Trinajstić information content (AvgIpc) is 2.59. The molecule has 25 heavy (non-hydrogen) atoms. The minimum absolute atomic E-state index is 0.0589. The van der Waals surface area contributed by atoms with E-state index < -0.39 is 21.1 Å². The summed E-state index contributed by atoms with van der Waals surface area (Å²) in [6, 6.07) is 15.4. The normalized spacial score (nSPS) is 12.7. The molecule has 0 saturated heterocycles. The lowest BCUT2D eigenvalue weighted by molar-refractivity contribution is -0.136. The molecule has 1 N–H and O–H groups in total. The van der Waals surface area contributed by atoms with Crippen LogP contribution >= 0.6 is 11.6 Å². The van der Waals surface area contributed by atoms with Crippen molar-refractivity contribution in [3.8, 4) is 0 Å². The number of carboxylic acid groups (broad SMARTS) is 1. The summed E-state index contributed by atoms with van der Waals surface area (Å²) in [5.41, 5.74) is 1.16. The van der Waals surface area contributed by atoms with Crippen molar-refractivity contribution in [2.24, 2.45) is 0 Å². The van der Waals surface area contributed by atoms with Crippen molar-refractivity contribution in [3.05, 3.63) is 65.2 Å². The summed E-state index contributed by atoms with van der Waals surface area (Å²) in [5, 5.41) is 8.63. The first kappa shape index (κ1) is 19.5. The summed E-state index contributed by atoms with van der Waals surface area (Å²) >= 11 is 5.84. The largest absolute Gasteiger partial charge is 0.480 e. The van der Waals surface area contributed by atoms with Gasteiger partial charge in [-0.25, -0.2) is 8.42 Å². The number of carbonyl (C=O) groups is 1. The van der Waals surface area contributed by atoms with Gasteiger partial charge in [-0.15, -0.1) is 0 Å². The molecule has 0 spiro atoms. The van der Waals surface area contributed by atoms with Gasteiger partial charge in [-0.2, -0.15) is 0 Å². The van der Waals surface area contributed by atoms with E-state index in [0.717, 1.165) is 24.8 Å². The quantitative estimate of drug-likeness (QED) is 0.655. The molecule has 6 heteroatoms. The Hall–Kier alpha value is -1.85. The molecular weight excluding hydrogens is 360 g/mol. The van der Waals surface area contributed by atoms with Gasteiger partial charge in [-0.05, 0) is 49.1 Å². The molecule has 2 rings (SSSR count). The number of halogens is 1. The molecule has 2 aromatic rings. The molecule has 0 saturated carbocycles. The molecule has 2 aromatic carbocycles. The Balaban J connectivity index is 1.88. The Morgan fingerprint density at radius 2 is 1.60 bits per heavy atom. The standard InChI is InChI=1S/C19H21ClO4S/c20-16-13-11-15(12-14-16)7-3-1-6-10-18(19(21)22)25(23,24)17-8-4-2-5-9-17/h2,4-5,8-9,11-14,18H,1,3,6-7,10H2,(H,21,22). The summed E-state index contributed by atoms with van der Waals surface area (Å²) in [6.45, 7) is 0. The molecule has 0 aliphatic carbocycles. The van der Waals surface area contributed by atoms with E-state index in [1.54, 1.807) is 18.2 Å². The number of hydrogen-bond acceptors (Lipinski definition) is 3. The van der Waals surface area contributed by atoms with Crippen molar-refractivity contribution < 1.29 is 18.3 Å². The molecule has 4 nitrogen and oxygen atoms in total. The van der Waals surface area contributed by atoms with E-state index in [1.165, 1.54) is 12.1 Å². The van der Waals surface area contributed by atoms with Crippen LogP contribution in [0.4, 0.5) is 0 Å². The number of unbranched alkanes of at least 4 members (excludes halogenated alkanes) is 2. The van der Waals surface area contributed by atoms with E-state index in [1.807, 2.05) is 24.3 Å². The molecule has 1 unspecified atom stereocenters. The molecule has 0 heterocycles. The zero-order chi connectivity index (χ0) is 18.3. The van der Waals surface area contributed by atoms with Crippen molar-refractivity contribution in [1.29, 1.82) is 0 Å². The first-order valence-corrected chi connectivity index (χ1v) is 10.1. The van der Waals surface area contributed by atoms with Crippen LogP contribution in [0.3, 0.4) is 0 Å². The van der Waals surface area contributed by atoms with E-state index in [9.17, 15) is 18.3 Å². The van der Waals surface area contributed by atoms with Gasteiger partial charge in [0.05, 0.1) is 4.90 Å². The number of rotatable bonds is 9. The highest BCUT2D eigenvalue weighted by Gasteiger charge is 2.33. The lowest BCUT2D eigenvalue weighted by Crippen LogP contribution is -2.30. The lowest BCUT2D eigenvalue weighted by atomic mass is 10.1. The molecule has 0 bridgehead atoms. The third-order valence-corrected chi connectivity index (χ3v) is 6.43. The van der Waals surface area contributed by atoms with Gasteiger partial charge in [0.2, 0.25) is 0 Å². The van der Waals surface area contributed by atoms with Crippen LogP contribution in [0.2, 0.25) is 5.02 Å². The van der Waals surface area contributed by atoms with Crippen molar-refractivity contribution in [2.75, 3.05) is 0 Å². The average molecular weight is 381 g/mol. The second kappa shape index (κ2) is 9.02. The Kier molecular flexibility index (Phi) is 7.02. The minimum atomic E-state index is -3.86. The van der Waals surface area contributed by atoms with Crippen LogP contribution in [0.5, 0.6) is 0 Å². The number of carboxylic acids is 1. The van der Waals surface area contributed by atoms with Crippen LogP contribution in [0.25, 0.3) is 0 Å². The zero-order valence-corrected chi connectivity index (χ0v) is 15.3. The van der Waals surface area contributed by atoms with Crippen molar-refractivity contribution in [1.82, 2.24) is 0 Å². The summed E-state index contributed by atoms with van der Waals surface area (Å²) < 4.78 is 25.0. The second-order valence-corrected chi connectivity index (χ2v) is 8.48. The van der Waals surface area contributed by atoms with E-state index in [0.29, 0.717) is 11.4 Å². The molecule has 0 fully saturated rings. The predicted octanol–water partition coefficient (Wildman–Crippen LogP) is 4.37. The monoisotopic (exact) mass is 380 g/mol. The van der Waals surface area contributed by atoms with Gasteiger partial charge < -0.3 is 5.11 Å². The second-order valence-electron chi connectivity index (χ2n) is 5.91. The molecular formula is C19H21ClO4S. The highest BCUT2D eigenvalue weighted by atomic mass is 35.5. The van der Waals surface area contributed by atoms with Crippen molar-refractivity contribution in [3.63, 3.8) is 0 Å². The summed E-state index contributed by atoms with van der Waals surface area (Å²) in [5.74, 6) is -1.29. The van der Waals surface area contributed by atoms with Gasteiger partial charge in [-0.3, -0.25) is 4.79 Å². The highest BCUT2D eigenvalue weighted by Crippen LogP contribution is 2.21. The van der Waals surface area contributed by atoms with Crippen LogP contribution in [0, 0.1) is 0 Å². The Morgan fingerprint density at radius 1 is 0.960 bits per heavy atom. The maximum Gasteiger partial charge on any atom is 0.322 e. The third kappa shape index (κ3) is 5.58. The molecule has 0 radical (unpaired) electrons. The van der Waals surface area contributed by atoms with Gasteiger partial charge >= 0.3 is 5.97 Å². The van der Waals surface area contributed by atoms with Gasteiger partial charge in [-0.1, -0.05) is 54.8 Å². The maximum atomic E-state index is 12.5. The lowest BCUT2D eigenvalue weighted by Gasteiger charge is -2.13. The first-order chi connectivity index (χ1) is 11.9. The smallest absolute Gasteiger partial charge is 0.322 e. The van der Waals surface area contributed by atoms with Gasteiger partial charge in [0.1, 0.15) is 0 Å². The van der Waals surface area contributed by atoms with Crippen LogP contribution in [-0.2, 0) is 21.1 Å². The maximum absolute atomic E-state index is 12.5. The third-order valence-electron chi connectivity index (χ3n) is 4.07.